The van der Waals surface area contributed by atoms with Crippen LogP contribution in [0.3, 0.4) is 0 Å². The van der Waals surface area contributed by atoms with Gasteiger partial charge in [0.05, 0.1) is 11.1 Å². The highest BCUT2D eigenvalue weighted by Gasteiger charge is 2.22. The van der Waals surface area contributed by atoms with Crippen molar-refractivity contribution in [2.75, 3.05) is 0 Å². The first-order valence-corrected chi connectivity index (χ1v) is 10.4. The lowest BCUT2D eigenvalue weighted by Gasteiger charge is -2.19. The standard InChI is InChI=1S/C22H32N2O2/c25-21(23-17-11-5-1-2-6-12-17)19-15-9-10-16-20(19)22(26)24-18-13-7-3-4-8-14-18/h9-10,15-18H,1-8,11-14H2,(H,23,25)(H,24,26). The third kappa shape index (κ3) is 5.33. The van der Waals surface area contributed by atoms with E-state index < -0.39 is 0 Å². The summed E-state index contributed by atoms with van der Waals surface area (Å²) in [6, 6.07) is 7.70. The Morgan fingerprint density at radius 1 is 0.615 bits per heavy atom. The molecule has 2 amide bonds. The number of carbonyl (C=O) groups excluding carboxylic acids is 2. The summed E-state index contributed by atoms with van der Waals surface area (Å²) in [5, 5.41) is 6.33. The van der Waals surface area contributed by atoms with Crippen molar-refractivity contribution < 1.29 is 9.59 Å². The van der Waals surface area contributed by atoms with E-state index in [9.17, 15) is 9.59 Å². The van der Waals surface area contributed by atoms with Crippen LogP contribution < -0.4 is 10.6 Å². The van der Waals surface area contributed by atoms with Crippen molar-refractivity contribution in [3.05, 3.63) is 35.4 Å². The number of amides is 2. The zero-order valence-electron chi connectivity index (χ0n) is 15.8. The van der Waals surface area contributed by atoms with Gasteiger partial charge in [-0.05, 0) is 37.8 Å². The van der Waals surface area contributed by atoms with Gasteiger partial charge in [0.15, 0.2) is 0 Å². The summed E-state index contributed by atoms with van der Waals surface area (Å²) in [4.78, 5) is 25.6. The first-order valence-electron chi connectivity index (χ1n) is 10.4. The predicted octanol–water partition coefficient (Wildman–Crippen LogP) is 4.59. The van der Waals surface area contributed by atoms with Crippen LogP contribution >= 0.6 is 0 Å². The Hall–Kier alpha value is -1.84. The predicted molar refractivity (Wildman–Crippen MR) is 104 cm³/mol. The molecule has 0 bridgehead atoms. The molecule has 0 heterocycles. The number of carbonyl (C=O) groups is 2. The second kappa shape index (κ2) is 9.75. The van der Waals surface area contributed by atoms with Gasteiger partial charge in [-0.2, -0.15) is 0 Å². The van der Waals surface area contributed by atoms with Gasteiger partial charge < -0.3 is 10.6 Å². The summed E-state index contributed by atoms with van der Waals surface area (Å²) < 4.78 is 0. The molecular formula is C22H32N2O2. The molecule has 0 saturated heterocycles. The summed E-state index contributed by atoms with van der Waals surface area (Å²) in [6.45, 7) is 0. The fraction of sp³-hybridized carbons (Fsp3) is 0.636. The first-order chi connectivity index (χ1) is 12.7. The fourth-order valence-electron chi connectivity index (χ4n) is 4.25. The maximum absolute atomic E-state index is 12.8. The van der Waals surface area contributed by atoms with Crippen molar-refractivity contribution in [3.8, 4) is 0 Å². The second-order valence-corrected chi connectivity index (χ2v) is 7.87. The van der Waals surface area contributed by atoms with Gasteiger partial charge in [-0.25, -0.2) is 0 Å². The quantitative estimate of drug-likeness (QED) is 0.775. The maximum atomic E-state index is 12.8. The van der Waals surface area contributed by atoms with E-state index in [4.69, 9.17) is 0 Å². The average molecular weight is 357 g/mol. The van der Waals surface area contributed by atoms with Crippen molar-refractivity contribution in [3.63, 3.8) is 0 Å². The Labute approximate surface area is 157 Å². The van der Waals surface area contributed by atoms with Gasteiger partial charge in [0, 0.05) is 12.1 Å². The highest BCUT2D eigenvalue weighted by molar-refractivity contribution is 6.07. The number of benzene rings is 1. The fourth-order valence-corrected chi connectivity index (χ4v) is 4.25. The number of nitrogens with one attached hydrogen (secondary N) is 2. The molecule has 3 rings (SSSR count). The van der Waals surface area contributed by atoms with E-state index in [0.717, 1.165) is 25.7 Å². The van der Waals surface area contributed by atoms with E-state index in [1.54, 1.807) is 12.1 Å². The Balaban J connectivity index is 1.66. The zero-order chi connectivity index (χ0) is 18.2. The Morgan fingerprint density at radius 3 is 1.31 bits per heavy atom. The van der Waals surface area contributed by atoms with Gasteiger partial charge in [-0.3, -0.25) is 9.59 Å². The SMILES string of the molecule is O=C(NC1CCCCCC1)c1ccccc1C(=O)NC1CCCCCC1. The molecule has 0 aromatic heterocycles. The molecule has 2 aliphatic rings. The van der Waals surface area contributed by atoms with Gasteiger partial charge in [-0.1, -0.05) is 63.5 Å². The molecule has 0 spiro atoms. The molecule has 26 heavy (non-hydrogen) atoms. The van der Waals surface area contributed by atoms with Gasteiger partial charge in [0.2, 0.25) is 0 Å². The van der Waals surface area contributed by atoms with Gasteiger partial charge in [0.25, 0.3) is 11.8 Å². The van der Waals surface area contributed by atoms with Gasteiger partial charge in [0.1, 0.15) is 0 Å². The molecule has 2 saturated carbocycles. The lowest BCUT2D eigenvalue weighted by molar-refractivity contribution is 0.0898. The molecule has 0 aliphatic heterocycles. The molecule has 1 aromatic carbocycles. The average Bonchev–Trinajstić information content (AvgIpc) is 3.06. The van der Waals surface area contributed by atoms with E-state index in [0.29, 0.717) is 11.1 Å². The smallest absolute Gasteiger partial charge is 0.252 e. The molecular weight excluding hydrogens is 324 g/mol. The molecule has 4 heteroatoms. The topological polar surface area (TPSA) is 58.2 Å². The van der Waals surface area contributed by atoms with Crippen LogP contribution in [0.2, 0.25) is 0 Å². The van der Waals surface area contributed by atoms with Crippen LogP contribution in [0.25, 0.3) is 0 Å². The van der Waals surface area contributed by atoms with Crippen LogP contribution in [-0.2, 0) is 0 Å². The van der Waals surface area contributed by atoms with Gasteiger partial charge >= 0.3 is 0 Å². The minimum absolute atomic E-state index is 0.108. The normalized spacial score (nSPS) is 20.0. The van der Waals surface area contributed by atoms with Crippen LogP contribution in [0, 0.1) is 0 Å². The molecule has 4 nitrogen and oxygen atoms in total. The van der Waals surface area contributed by atoms with E-state index in [1.807, 2.05) is 12.1 Å². The van der Waals surface area contributed by atoms with Gasteiger partial charge in [-0.15, -0.1) is 0 Å². The second-order valence-electron chi connectivity index (χ2n) is 7.87. The summed E-state index contributed by atoms with van der Waals surface area (Å²) >= 11 is 0. The third-order valence-corrected chi connectivity index (χ3v) is 5.80. The van der Waals surface area contributed by atoms with Crippen LogP contribution in [-0.4, -0.2) is 23.9 Å². The van der Waals surface area contributed by atoms with Crippen molar-refractivity contribution in [2.24, 2.45) is 0 Å². The molecule has 2 aliphatic carbocycles. The molecule has 2 fully saturated rings. The number of hydrogen-bond donors (Lipinski definition) is 2. The third-order valence-electron chi connectivity index (χ3n) is 5.80. The molecule has 1 aromatic rings. The molecule has 0 atom stereocenters. The van der Waals surface area contributed by atoms with Crippen molar-refractivity contribution in [1.29, 1.82) is 0 Å². The largest absolute Gasteiger partial charge is 0.349 e. The summed E-state index contributed by atoms with van der Waals surface area (Å²) in [5.41, 5.74) is 1.01. The Bertz CT molecular complexity index is 545. The highest BCUT2D eigenvalue weighted by atomic mass is 16.2. The highest BCUT2D eigenvalue weighted by Crippen LogP contribution is 2.20. The van der Waals surface area contributed by atoms with E-state index >= 15 is 0 Å². The Morgan fingerprint density at radius 2 is 0.962 bits per heavy atom. The number of hydrogen-bond acceptors (Lipinski definition) is 2. The molecule has 142 valence electrons. The minimum Gasteiger partial charge on any atom is -0.349 e. The van der Waals surface area contributed by atoms with Crippen molar-refractivity contribution in [1.82, 2.24) is 10.6 Å². The lowest BCUT2D eigenvalue weighted by Crippen LogP contribution is -2.38. The van der Waals surface area contributed by atoms with Crippen LogP contribution in [0.15, 0.2) is 24.3 Å². The minimum atomic E-state index is -0.108. The van der Waals surface area contributed by atoms with Crippen molar-refractivity contribution >= 4 is 11.8 Å². The summed E-state index contributed by atoms with van der Waals surface area (Å²) in [5.74, 6) is -0.216. The van der Waals surface area contributed by atoms with E-state index in [1.165, 1.54) is 51.4 Å². The molecule has 2 N–H and O–H groups in total. The Kier molecular flexibility index (Phi) is 7.10. The summed E-state index contributed by atoms with van der Waals surface area (Å²) in [7, 11) is 0. The monoisotopic (exact) mass is 356 g/mol. The summed E-state index contributed by atoms with van der Waals surface area (Å²) in [6.07, 6.45) is 13.9. The molecule has 0 unspecified atom stereocenters. The maximum Gasteiger partial charge on any atom is 0.252 e. The first kappa shape index (κ1) is 18.9. The van der Waals surface area contributed by atoms with E-state index in [-0.39, 0.29) is 23.9 Å². The van der Waals surface area contributed by atoms with Crippen molar-refractivity contribution in [2.45, 2.75) is 89.1 Å². The van der Waals surface area contributed by atoms with Crippen LogP contribution in [0.1, 0.15) is 97.8 Å². The van der Waals surface area contributed by atoms with E-state index in [2.05, 4.69) is 10.6 Å². The molecule has 0 radical (unpaired) electrons. The zero-order valence-corrected chi connectivity index (χ0v) is 15.8. The van der Waals surface area contributed by atoms with Crippen LogP contribution in [0.5, 0.6) is 0 Å². The lowest BCUT2D eigenvalue weighted by atomic mass is 10.0. The van der Waals surface area contributed by atoms with Crippen LogP contribution in [0.4, 0.5) is 0 Å². The number of rotatable bonds is 4.